The number of nitrogens with zero attached hydrogens (tertiary/aromatic N) is 6. The lowest BCUT2D eigenvalue weighted by Gasteiger charge is -2.24. The molecule has 2 fully saturated rings. The van der Waals surface area contributed by atoms with Gasteiger partial charge < -0.3 is 19.3 Å². The molecule has 0 spiro atoms. The van der Waals surface area contributed by atoms with Crippen LogP contribution in [0.5, 0.6) is 11.5 Å². The van der Waals surface area contributed by atoms with E-state index in [9.17, 15) is 0 Å². The maximum Gasteiger partial charge on any atom is 0.250 e. The Labute approximate surface area is 202 Å². The van der Waals surface area contributed by atoms with Crippen LogP contribution in [0.2, 0.25) is 0 Å². The van der Waals surface area contributed by atoms with Gasteiger partial charge in [-0.15, -0.1) is 0 Å². The van der Waals surface area contributed by atoms with Gasteiger partial charge in [0.1, 0.15) is 0 Å². The molecule has 1 aromatic heterocycles. The predicted molar refractivity (Wildman–Crippen MR) is 133 cm³/mol. The summed E-state index contributed by atoms with van der Waals surface area (Å²) in [5, 5.41) is 4.42. The van der Waals surface area contributed by atoms with E-state index in [-0.39, 0.29) is 6.79 Å². The lowest BCUT2D eigenvalue weighted by atomic mass is 10.2. The Morgan fingerprint density at radius 1 is 0.788 bits per heavy atom. The van der Waals surface area contributed by atoms with Crippen molar-refractivity contribution < 1.29 is 9.47 Å². The number of ether oxygens (including phenoxy) is 2. The summed E-state index contributed by atoms with van der Waals surface area (Å²) in [5.74, 6) is 3.40. The van der Waals surface area contributed by atoms with Crippen LogP contribution in [0.1, 0.15) is 56.9 Å². The largest absolute Gasteiger partial charge is 0.454 e. The Kier molecular flexibility index (Phi) is 7.09. The van der Waals surface area contributed by atoms with Crippen molar-refractivity contribution in [3.63, 3.8) is 0 Å². The van der Waals surface area contributed by atoms with Gasteiger partial charge >= 0.3 is 0 Å². The van der Waals surface area contributed by atoms with E-state index in [1.54, 1.807) is 6.21 Å². The van der Waals surface area contributed by atoms with Crippen molar-refractivity contribution in [3.8, 4) is 11.5 Å². The standard InChI is InChI=1S/C23H30BrN7O2/c24-18-14-20-19(32-16-33-20)13-17(18)15-25-29-21-26-22(30-9-5-1-2-6-10-30)28-23(27-21)31-11-7-3-4-8-12-31/h13-15H,1-12,16H2,(H,26,27,28,29)/b25-15-. The van der Waals surface area contributed by atoms with Gasteiger partial charge in [-0.05, 0) is 53.7 Å². The van der Waals surface area contributed by atoms with E-state index in [1.807, 2.05) is 12.1 Å². The number of fused-ring (bicyclic) bond motifs is 1. The summed E-state index contributed by atoms with van der Waals surface area (Å²) in [6.45, 7) is 4.17. The maximum atomic E-state index is 5.48. The van der Waals surface area contributed by atoms with Crippen LogP contribution in [0.15, 0.2) is 21.7 Å². The van der Waals surface area contributed by atoms with Gasteiger partial charge in [-0.2, -0.15) is 20.1 Å². The minimum absolute atomic E-state index is 0.240. The molecule has 0 radical (unpaired) electrons. The molecule has 176 valence electrons. The Morgan fingerprint density at radius 3 is 1.91 bits per heavy atom. The fourth-order valence-corrected chi connectivity index (χ4v) is 4.84. The Bertz CT molecular complexity index is 949. The maximum absolute atomic E-state index is 5.48. The van der Waals surface area contributed by atoms with E-state index in [1.165, 1.54) is 51.4 Å². The minimum atomic E-state index is 0.240. The highest BCUT2D eigenvalue weighted by molar-refractivity contribution is 9.10. The Balaban J connectivity index is 1.38. The molecular formula is C23H30BrN7O2. The summed E-state index contributed by atoms with van der Waals surface area (Å²) >= 11 is 3.57. The lowest BCUT2D eigenvalue weighted by molar-refractivity contribution is 0.174. The first kappa shape index (κ1) is 22.2. The zero-order valence-corrected chi connectivity index (χ0v) is 20.4. The van der Waals surface area contributed by atoms with Crippen molar-refractivity contribution in [3.05, 3.63) is 22.2 Å². The van der Waals surface area contributed by atoms with Crippen LogP contribution in [0.25, 0.3) is 0 Å². The number of halogens is 1. The van der Waals surface area contributed by atoms with E-state index in [0.29, 0.717) is 11.7 Å². The van der Waals surface area contributed by atoms with E-state index in [0.717, 1.165) is 53.9 Å². The molecule has 1 N–H and O–H groups in total. The first-order valence-corrected chi connectivity index (χ1v) is 12.7. The zero-order chi connectivity index (χ0) is 22.5. The van der Waals surface area contributed by atoms with Gasteiger partial charge in [0.05, 0.1) is 6.21 Å². The van der Waals surface area contributed by atoms with E-state index < -0.39 is 0 Å². The third-order valence-corrected chi connectivity index (χ3v) is 6.94. The zero-order valence-electron chi connectivity index (χ0n) is 18.8. The fraction of sp³-hybridized carbons (Fsp3) is 0.565. The van der Waals surface area contributed by atoms with Crippen LogP contribution >= 0.6 is 15.9 Å². The molecule has 0 saturated carbocycles. The molecule has 0 amide bonds. The number of benzene rings is 1. The molecule has 5 rings (SSSR count). The van der Waals surface area contributed by atoms with Crippen LogP contribution < -0.4 is 24.7 Å². The third kappa shape index (κ3) is 5.48. The van der Waals surface area contributed by atoms with Crippen LogP contribution in [0.4, 0.5) is 17.8 Å². The highest BCUT2D eigenvalue weighted by Gasteiger charge is 2.20. The Morgan fingerprint density at radius 2 is 1.33 bits per heavy atom. The van der Waals surface area contributed by atoms with Crippen molar-refractivity contribution in [1.82, 2.24) is 15.0 Å². The fourth-order valence-electron chi connectivity index (χ4n) is 4.42. The lowest BCUT2D eigenvalue weighted by Crippen LogP contribution is -2.30. The van der Waals surface area contributed by atoms with Gasteiger partial charge in [0, 0.05) is 36.2 Å². The molecule has 10 heteroatoms. The molecule has 4 heterocycles. The molecule has 0 unspecified atom stereocenters. The van der Waals surface area contributed by atoms with E-state index >= 15 is 0 Å². The summed E-state index contributed by atoms with van der Waals surface area (Å²) in [6, 6.07) is 3.79. The first-order chi connectivity index (χ1) is 16.3. The normalized spacial score (nSPS) is 18.9. The monoisotopic (exact) mass is 515 g/mol. The van der Waals surface area contributed by atoms with Gasteiger partial charge in [0.25, 0.3) is 0 Å². The first-order valence-electron chi connectivity index (χ1n) is 11.9. The second-order valence-electron chi connectivity index (χ2n) is 8.66. The van der Waals surface area contributed by atoms with Crippen molar-refractivity contribution in [2.24, 2.45) is 5.10 Å². The molecule has 9 nitrogen and oxygen atoms in total. The molecular weight excluding hydrogens is 486 g/mol. The predicted octanol–water partition coefficient (Wildman–Crippen LogP) is 4.57. The topological polar surface area (TPSA) is 88.0 Å². The van der Waals surface area contributed by atoms with Crippen molar-refractivity contribution in [2.45, 2.75) is 51.4 Å². The molecule has 1 aromatic carbocycles. The number of nitrogens with one attached hydrogen (secondary N) is 1. The van der Waals surface area contributed by atoms with E-state index in [4.69, 9.17) is 24.4 Å². The Hall–Kier alpha value is -2.62. The molecule has 3 aliphatic heterocycles. The average Bonchev–Trinajstić information content (AvgIpc) is 3.03. The highest BCUT2D eigenvalue weighted by Crippen LogP contribution is 2.36. The van der Waals surface area contributed by atoms with E-state index in [2.05, 4.69) is 36.3 Å². The van der Waals surface area contributed by atoms with Gasteiger partial charge in [0.2, 0.25) is 24.6 Å². The summed E-state index contributed by atoms with van der Waals surface area (Å²) in [7, 11) is 0. The third-order valence-electron chi connectivity index (χ3n) is 6.25. The van der Waals surface area contributed by atoms with Crippen molar-refractivity contribution in [1.29, 1.82) is 0 Å². The highest BCUT2D eigenvalue weighted by atomic mass is 79.9. The second-order valence-corrected chi connectivity index (χ2v) is 9.51. The van der Waals surface area contributed by atoms with Crippen LogP contribution in [-0.4, -0.2) is 54.1 Å². The van der Waals surface area contributed by atoms with Gasteiger partial charge in [-0.3, -0.25) is 0 Å². The van der Waals surface area contributed by atoms with Crippen molar-refractivity contribution in [2.75, 3.05) is 48.2 Å². The quantitative estimate of drug-likeness (QED) is 0.457. The molecule has 3 aliphatic rings. The average molecular weight is 516 g/mol. The number of anilines is 3. The smallest absolute Gasteiger partial charge is 0.250 e. The molecule has 2 aromatic rings. The van der Waals surface area contributed by atoms with Crippen LogP contribution in [-0.2, 0) is 0 Å². The summed E-state index contributed by atoms with van der Waals surface area (Å²) in [6.07, 6.45) is 11.5. The van der Waals surface area contributed by atoms with Gasteiger partial charge in [0.15, 0.2) is 11.5 Å². The molecule has 2 saturated heterocycles. The minimum Gasteiger partial charge on any atom is -0.454 e. The van der Waals surface area contributed by atoms with Gasteiger partial charge in [-0.25, -0.2) is 5.43 Å². The van der Waals surface area contributed by atoms with Crippen LogP contribution in [0.3, 0.4) is 0 Å². The summed E-state index contributed by atoms with van der Waals surface area (Å²) < 4.78 is 11.8. The van der Waals surface area contributed by atoms with Crippen LogP contribution in [0, 0.1) is 0 Å². The molecule has 0 atom stereocenters. The summed E-state index contributed by atoms with van der Waals surface area (Å²) in [5.41, 5.74) is 3.92. The number of hydrazone groups is 1. The SMILES string of the molecule is Brc1cc2c(cc1/C=N\Nc1nc(N3CCCCCC3)nc(N3CCCCCC3)n1)OCO2. The molecule has 33 heavy (non-hydrogen) atoms. The molecule has 0 aliphatic carbocycles. The summed E-state index contributed by atoms with van der Waals surface area (Å²) in [4.78, 5) is 18.9. The number of hydrogen-bond acceptors (Lipinski definition) is 9. The second kappa shape index (κ2) is 10.5. The molecule has 0 bridgehead atoms. The van der Waals surface area contributed by atoms with Gasteiger partial charge in [-0.1, -0.05) is 25.7 Å². The number of hydrogen-bond donors (Lipinski definition) is 1. The number of aromatic nitrogens is 3. The number of rotatable bonds is 5. The van der Waals surface area contributed by atoms with Crippen molar-refractivity contribution >= 4 is 40.0 Å².